The van der Waals surface area contributed by atoms with Gasteiger partial charge in [0.25, 0.3) is 0 Å². The molecule has 1 saturated heterocycles. The van der Waals surface area contributed by atoms with Crippen molar-refractivity contribution in [2.24, 2.45) is 11.8 Å². The average Bonchev–Trinajstić information content (AvgIpc) is 3.13. The van der Waals surface area contributed by atoms with Crippen LogP contribution >= 0.6 is 11.3 Å². The highest BCUT2D eigenvalue weighted by atomic mass is 32.1. The number of carbonyl (C=O) groups is 2. The molecule has 2 N–H and O–H groups in total. The standard InChI is InChI=1S/C15H20N2O3S/c18-14(19)13-12-3-1-2-11(12)8-17(13)15(20)16-6-4-10-5-7-21-9-10/h5,7,9,11-13H,1-4,6,8H2,(H,16,20)(H,18,19). The Labute approximate surface area is 128 Å². The molecule has 2 amide bonds. The normalized spacial score (nSPS) is 27.6. The Morgan fingerprint density at radius 3 is 3.00 bits per heavy atom. The number of nitrogens with one attached hydrogen (secondary N) is 1. The van der Waals surface area contributed by atoms with Crippen molar-refractivity contribution in [3.63, 3.8) is 0 Å². The topological polar surface area (TPSA) is 69.6 Å². The zero-order valence-corrected chi connectivity index (χ0v) is 12.6. The Morgan fingerprint density at radius 2 is 2.29 bits per heavy atom. The molecule has 1 saturated carbocycles. The maximum absolute atomic E-state index is 12.3. The number of likely N-dealkylation sites (tertiary alicyclic amines) is 1. The Morgan fingerprint density at radius 1 is 1.43 bits per heavy atom. The van der Waals surface area contributed by atoms with Crippen LogP contribution in [0.4, 0.5) is 4.79 Å². The fourth-order valence-corrected chi connectivity index (χ4v) is 4.38. The van der Waals surface area contributed by atoms with Gasteiger partial charge in [-0.1, -0.05) is 6.42 Å². The first-order valence-corrected chi connectivity index (χ1v) is 8.39. The van der Waals surface area contributed by atoms with Gasteiger partial charge in [0.15, 0.2) is 0 Å². The zero-order chi connectivity index (χ0) is 14.8. The molecule has 3 atom stereocenters. The Kier molecular flexibility index (Phi) is 4.14. The number of thiophene rings is 1. The maximum Gasteiger partial charge on any atom is 0.326 e. The number of urea groups is 1. The van der Waals surface area contributed by atoms with Crippen LogP contribution in [-0.2, 0) is 11.2 Å². The molecule has 3 unspecified atom stereocenters. The van der Waals surface area contributed by atoms with Gasteiger partial charge in [0, 0.05) is 13.1 Å². The minimum atomic E-state index is -0.864. The van der Waals surface area contributed by atoms with E-state index in [9.17, 15) is 14.7 Å². The Hall–Kier alpha value is -1.56. The molecule has 3 rings (SSSR count). The summed E-state index contributed by atoms with van der Waals surface area (Å²) >= 11 is 1.64. The van der Waals surface area contributed by atoms with Crippen LogP contribution in [0.1, 0.15) is 24.8 Å². The van der Waals surface area contributed by atoms with E-state index in [-0.39, 0.29) is 11.9 Å². The third-order valence-corrected chi connectivity index (χ3v) is 5.41. The minimum Gasteiger partial charge on any atom is -0.480 e. The third kappa shape index (κ3) is 2.90. The predicted molar refractivity (Wildman–Crippen MR) is 80.4 cm³/mol. The molecule has 21 heavy (non-hydrogen) atoms. The van der Waals surface area contributed by atoms with Crippen molar-refractivity contribution in [3.8, 4) is 0 Å². The minimum absolute atomic E-state index is 0.144. The summed E-state index contributed by atoms with van der Waals surface area (Å²) in [6.07, 6.45) is 3.86. The highest BCUT2D eigenvalue weighted by Crippen LogP contribution is 2.42. The summed E-state index contributed by atoms with van der Waals surface area (Å²) in [5, 5.41) is 16.4. The molecule has 1 aliphatic heterocycles. The first-order valence-electron chi connectivity index (χ1n) is 7.45. The third-order valence-electron chi connectivity index (χ3n) is 4.67. The first-order chi connectivity index (χ1) is 10.2. The quantitative estimate of drug-likeness (QED) is 0.896. The van der Waals surface area contributed by atoms with Gasteiger partial charge < -0.3 is 15.3 Å². The Balaban J connectivity index is 1.57. The fraction of sp³-hybridized carbons (Fsp3) is 0.600. The molecule has 2 heterocycles. The monoisotopic (exact) mass is 308 g/mol. The number of carbonyl (C=O) groups excluding carboxylic acids is 1. The lowest BCUT2D eigenvalue weighted by Crippen LogP contribution is -2.48. The van der Waals surface area contributed by atoms with Crippen LogP contribution in [-0.4, -0.2) is 41.1 Å². The molecular weight excluding hydrogens is 288 g/mol. The number of hydrogen-bond acceptors (Lipinski definition) is 3. The van der Waals surface area contributed by atoms with E-state index in [2.05, 4.69) is 10.7 Å². The van der Waals surface area contributed by atoms with Gasteiger partial charge in [-0.3, -0.25) is 0 Å². The highest BCUT2D eigenvalue weighted by molar-refractivity contribution is 7.07. The summed E-state index contributed by atoms with van der Waals surface area (Å²) < 4.78 is 0. The molecule has 2 aliphatic rings. The van der Waals surface area contributed by atoms with E-state index in [1.165, 1.54) is 10.5 Å². The first kappa shape index (κ1) is 14.4. The molecule has 1 aromatic rings. The van der Waals surface area contributed by atoms with Crippen molar-refractivity contribution in [1.29, 1.82) is 0 Å². The summed E-state index contributed by atoms with van der Waals surface area (Å²) in [4.78, 5) is 25.3. The van der Waals surface area contributed by atoms with Gasteiger partial charge in [0.05, 0.1) is 0 Å². The molecule has 0 bridgehead atoms. The predicted octanol–water partition coefficient (Wildman–Crippen LogP) is 2.19. The van der Waals surface area contributed by atoms with Crippen molar-refractivity contribution >= 4 is 23.3 Å². The van der Waals surface area contributed by atoms with Crippen molar-refractivity contribution in [2.75, 3.05) is 13.1 Å². The second-order valence-corrected chi connectivity index (χ2v) is 6.68. The average molecular weight is 308 g/mol. The fourth-order valence-electron chi connectivity index (χ4n) is 3.68. The van der Waals surface area contributed by atoms with Gasteiger partial charge >= 0.3 is 12.0 Å². The summed E-state index contributed by atoms with van der Waals surface area (Å²) in [5.41, 5.74) is 1.20. The maximum atomic E-state index is 12.3. The van der Waals surface area contributed by atoms with Crippen LogP contribution in [0.25, 0.3) is 0 Å². The lowest BCUT2D eigenvalue weighted by atomic mass is 9.94. The van der Waals surface area contributed by atoms with Crippen molar-refractivity contribution < 1.29 is 14.7 Å². The number of carboxylic acid groups (broad SMARTS) is 1. The van der Waals surface area contributed by atoms with Gasteiger partial charge in [-0.15, -0.1) is 0 Å². The van der Waals surface area contributed by atoms with E-state index in [1.807, 2.05) is 11.4 Å². The van der Waals surface area contributed by atoms with Crippen LogP contribution in [0.2, 0.25) is 0 Å². The number of fused-ring (bicyclic) bond motifs is 1. The molecule has 0 spiro atoms. The van der Waals surface area contributed by atoms with Crippen LogP contribution in [0.5, 0.6) is 0 Å². The lowest BCUT2D eigenvalue weighted by Gasteiger charge is -2.24. The van der Waals surface area contributed by atoms with Crippen LogP contribution < -0.4 is 5.32 Å². The molecule has 0 aromatic carbocycles. The van der Waals surface area contributed by atoms with E-state index < -0.39 is 12.0 Å². The zero-order valence-electron chi connectivity index (χ0n) is 11.8. The molecule has 1 aliphatic carbocycles. The summed E-state index contributed by atoms with van der Waals surface area (Å²) in [6, 6.07) is 1.17. The lowest BCUT2D eigenvalue weighted by molar-refractivity contribution is -0.142. The van der Waals surface area contributed by atoms with Crippen molar-refractivity contribution in [1.82, 2.24) is 10.2 Å². The van der Waals surface area contributed by atoms with Crippen LogP contribution in [0.3, 0.4) is 0 Å². The number of aliphatic carboxylic acids is 1. The van der Waals surface area contributed by atoms with E-state index in [4.69, 9.17) is 0 Å². The second-order valence-electron chi connectivity index (χ2n) is 5.90. The summed E-state index contributed by atoms with van der Waals surface area (Å²) in [7, 11) is 0. The molecule has 6 heteroatoms. The van der Waals surface area contributed by atoms with Gasteiger partial charge in [0.2, 0.25) is 0 Å². The number of rotatable bonds is 4. The molecule has 5 nitrogen and oxygen atoms in total. The van der Waals surface area contributed by atoms with Gasteiger partial charge in [0.1, 0.15) is 6.04 Å². The smallest absolute Gasteiger partial charge is 0.326 e. The van der Waals surface area contributed by atoms with E-state index in [0.717, 1.165) is 25.7 Å². The SMILES string of the molecule is O=C(O)C1C2CCCC2CN1C(=O)NCCc1ccsc1. The molecular formula is C15H20N2O3S. The van der Waals surface area contributed by atoms with Crippen molar-refractivity contribution in [3.05, 3.63) is 22.4 Å². The van der Waals surface area contributed by atoms with E-state index in [1.54, 1.807) is 11.3 Å². The largest absolute Gasteiger partial charge is 0.480 e. The van der Waals surface area contributed by atoms with Crippen LogP contribution in [0, 0.1) is 11.8 Å². The second kappa shape index (κ2) is 6.05. The van der Waals surface area contributed by atoms with Gasteiger partial charge in [-0.2, -0.15) is 11.3 Å². The number of carboxylic acids is 1. The highest BCUT2D eigenvalue weighted by Gasteiger charge is 2.49. The Bertz CT molecular complexity index is 517. The summed E-state index contributed by atoms with van der Waals surface area (Å²) in [6.45, 7) is 1.14. The van der Waals surface area contributed by atoms with Gasteiger partial charge in [-0.05, 0) is 53.5 Å². The van der Waals surface area contributed by atoms with Crippen molar-refractivity contribution in [2.45, 2.75) is 31.7 Å². The van der Waals surface area contributed by atoms with E-state index in [0.29, 0.717) is 19.0 Å². The molecule has 0 radical (unpaired) electrons. The number of nitrogens with zero attached hydrogens (tertiary/aromatic N) is 1. The summed E-state index contributed by atoms with van der Waals surface area (Å²) in [5.74, 6) is -0.351. The van der Waals surface area contributed by atoms with E-state index >= 15 is 0 Å². The molecule has 114 valence electrons. The molecule has 2 fully saturated rings. The number of amides is 2. The van der Waals surface area contributed by atoms with Gasteiger partial charge in [-0.25, -0.2) is 9.59 Å². The molecule has 1 aromatic heterocycles. The van der Waals surface area contributed by atoms with Crippen LogP contribution in [0.15, 0.2) is 16.8 Å². The number of hydrogen-bond donors (Lipinski definition) is 2.